The van der Waals surface area contributed by atoms with Crippen molar-refractivity contribution in [3.63, 3.8) is 0 Å². The summed E-state index contributed by atoms with van der Waals surface area (Å²) in [6, 6.07) is 7.81. The van der Waals surface area contributed by atoms with E-state index in [0.29, 0.717) is 25.3 Å². The lowest BCUT2D eigenvalue weighted by Crippen LogP contribution is -2.48. The number of benzene rings is 2. The number of rotatable bonds is 5. The van der Waals surface area contributed by atoms with Crippen LogP contribution in [0.5, 0.6) is 5.75 Å². The van der Waals surface area contributed by atoms with Crippen LogP contribution < -0.4 is 9.64 Å². The number of pyridine rings is 1. The number of ether oxygens (including phenoxy) is 2. The topological polar surface area (TPSA) is 84.8 Å². The fraction of sp³-hybridized carbons (Fsp3) is 0.393. The molecule has 0 unspecified atom stereocenters. The van der Waals surface area contributed by atoms with Crippen LogP contribution in [0.3, 0.4) is 0 Å². The van der Waals surface area contributed by atoms with Gasteiger partial charge >= 0.3 is 5.97 Å². The summed E-state index contributed by atoms with van der Waals surface area (Å²) in [4.78, 5) is 24.1. The number of thiazole rings is 1. The highest BCUT2D eigenvalue weighted by atomic mass is 32.1. The fourth-order valence-electron chi connectivity index (χ4n) is 5.21. The van der Waals surface area contributed by atoms with Gasteiger partial charge < -0.3 is 19.5 Å². The van der Waals surface area contributed by atoms with Crippen molar-refractivity contribution in [2.45, 2.75) is 52.0 Å². The molecule has 1 atom stereocenters. The van der Waals surface area contributed by atoms with Crippen molar-refractivity contribution < 1.29 is 23.8 Å². The van der Waals surface area contributed by atoms with Crippen molar-refractivity contribution in [1.82, 2.24) is 9.97 Å². The number of carboxylic acid groups (broad SMARTS) is 1. The van der Waals surface area contributed by atoms with Crippen LogP contribution in [0.4, 0.5) is 9.52 Å². The van der Waals surface area contributed by atoms with E-state index in [-0.39, 0.29) is 0 Å². The van der Waals surface area contributed by atoms with Gasteiger partial charge in [0.1, 0.15) is 11.9 Å². The number of aliphatic carboxylic acids is 1. The number of alkyl halides is 1. The Balaban J connectivity index is 1.68. The van der Waals surface area contributed by atoms with Crippen LogP contribution in [0.1, 0.15) is 43.6 Å². The molecule has 6 rings (SSSR count). The number of anilines is 1. The molecule has 0 bridgehead atoms. The first-order chi connectivity index (χ1) is 17.6. The van der Waals surface area contributed by atoms with Gasteiger partial charge in [-0.3, -0.25) is 4.98 Å². The van der Waals surface area contributed by atoms with E-state index in [2.05, 4.69) is 0 Å². The lowest BCUT2D eigenvalue weighted by molar-refractivity contribution is -0.160. The van der Waals surface area contributed by atoms with E-state index in [4.69, 9.17) is 19.4 Å². The number of aryl methyl sites for hydroxylation is 1. The first-order valence-electron chi connectivity index (χ1n) is 12.4. The van der Waals surface area contributed by atoms with Gasteiger partial charge in [-0.05, 0) is 63.1 Å². The third-order valence-electron chi connectivity index (χ3n) is 6.82. The van der Waals surface area contributed by atoms with E-state index in [1.165, 1.54) is 11.3 Å². The SMILES string of the molecule is Cc1cc2nc(N3CC(F)C3)sc2c(-c2ccc3c4c(ccnc24)CCO3)c1[C@H](OC(C)(C)C)C(=O)O. The molecule has 0 saturated carbocycles. The van der Waals surface area contributed by atoms with Gasteiger partial charge in [0.25, 0.3) is 0 Å². The standard InChI is InChI=1S/C28H28FN3O4S/c1-14-11-18-25(37-27(31-18)32-12-16(29)13-32)22(20(14)24(26(33)34)36-28(2,3)4)17-5-6-19-21-15(8-10-35-19)7-9-30-23(17)21/h5-7,9,11,16,24H,8,10,12-13H2,1-4H3,(H,33,34)/t24-/m0/s1. The number of nitrogens with zero attached hydrogens (tertiary/aromatic N) is 3. The Hall–Kier alpha value is -3.30. The third kappa shape index (κ3) is 4.10. The highest BCUT2D eigenvalue weighted by Crippen LogP contribution is 2.47. The number of carbonyl (C=O) groups is 1. The molecular weight excluding hydrogens is 493 g/mol. The van der Waals surface area contributed by atoms with Crippen molar-refractivity contribution in [2.75, 3.05) is 24.6 Å². The summed E-state index contributed by atoms with van der Waals surface area (Å²) in [5, 5.41) is 12.0. The summed E-state index contributed by atoms with van der Waals surface area (Å²) >= 11 is 1.45. The Morgan fingerprint density at radius 3 is 2.78 bits per heavy atom. The van der Waals surface area contributed by atoms with E-state index < -0.39 is 23.8 Å². The molecule has 1 N–H and O–H groups in total. The van der Waals surface area contributed by atoms with Gasteiger partial charge in [-0.15, -0.1) is 0 Å². The summed E-state index contributed by atoms with van der Waals surface area (Å²) in [7, 11) is 0. The molecule has 192 valence electrons. The Labute approximate surface area is 217 Å². The highest BCUT2D eigenvalue weighted by Gasteiger charge is 2.35. The van der Waals surface area contributed by atoms with Crippen LogP contribution in [0, 0.1) is 6.92 Å². The number of halogens is 1. The van der Waals surface area contributed by atoms with Crippen molar-refractivity contribution in [3.8, 4) is 16.9 Å². The average molecular weight is 522 g/mol. The van der Waals surface area contributed by atoms with Gasteiger partial charge in [-0.2, -0.15) is 0 Å². The van der Waals surface area contributed by atoms with E-state index in [1.807, 2.05) is 56.9 Å². The zero-order chi connectivity index (χ0) is 26.1. The van der Waals surface area contributed by atoms with Crippen LogP contribution >= 0.6 is 11.3 Å². The number of aromatic nitrogens is 2. The summed E-state index contributed by atoms with van der Waals surface area (Å²) in [6.45, 7) is 8.66. The molecule has 2 aromatic carbocycles. The van der Waals surface area contributed by atoms with E-state index in [9.17, 15) is 14.3 Å². The first kappa shape index (κ1) is 24.1. The molecular formula is C28H28FN3O4S. The Bertz CT molecular complexity index is 1540. The predicted octanol–water partition coefficient (Wildman–Crippen LogP) is 5.85. The summed E-state index contributed by atoms with van der Waals surface area (Å²) in [5.74, 6) is -0.288. The highest BCUT2D eigenvalue weighted by molar-refractivity contribution is 7.22. The van der Waals surface area contributed by atoms with Gasteiger partial charge in [0, 0.05) is 34.7 Å². The van der Waals surface area contributed by atoms with Crippen molar-refractivity contribution in [1.29, 1.82) is 0 Å². The molecule has 2 aliphatic rings. The lowest BCUT2D eigenvalue weighted by Gasteiger charge is -2.33. The molecule has 37 heavy (non-hydrogen) atoms. The van der Waals surface area contributed by atoms with Crippen LogP contribution in [0.2, 0.25) is 0 Å². The minimum absolute atomic E-state index is 0.311. The van der Waals surface area contributed by atoms with E-state index >= 15 is 0 Å². The van der Waals surface area contributed by atoms with E-state index in [1.54, 1.807) is 6.20 Å². The second kappa shape index (κ2) is 8.63. The van der Waals surface area contributed by atoms with Crippen molar-refractivity contribution >= 4 is 43.6 Å². The zero-order valence-corrected chi connectivity index (χ0v) is 22.0. The zero-order valence-electron chi connectivity index (χ0n) is 21.2. The lowest BCUT2D eigenvalue weighted by atomic mass is 9.89. The van der Waals surface area contributed by atoms with Gasteiger partial charge in [-0.25, -0.2) is 14.2 Å². The molecule has 7 nitrogen and oxygen atoms in total. The Kier molecular flexibility index (Phi) is 5.61. The molecule has 0 radical (unpaired) electrons. The molecule has 1 saturated heterocycles. The number of hydrogen-bond acceptors (Lipinski definition) is 7. The number of carboxylic acids is 1. The second-order valence-electron chi connectivity index (χ2n) is 10.7. The summed E-state index contributed by atoms with van der Waals surface area (Å²) in [5.41, 5.74) is 4.85. The molecule has 0 amide bonds. The smallest absolute Gasteiger partial charge is 0.337 e. The average Bonchev–Trinajstić information content (AvgIpc) is 3.23. The maximum Gasteiger partial charge on any atom is 0.337 e. The van der Waals surface area contributed by atoms with Crippen LogP contribution in [-0.2, 0) is 16.0 Å². The monoisotopic (exact) mass is 521 g/mol. The normalized spacial score (nSPS) is 16.6. The van der Waals surface area contributed by atoms with E-state index in [0.717, 1.165) is 60.7 Å². The Morgan fingerprint density at radius 2 is 2.08 bits per heavy atom. The Morgan fingerprint density at radius 1 is 1.30 bits per heavy atom. The quantitative estimate of drug-likeness (QED) is 0.352. The molecule has 1 fully saturated rings. The largest absolute Gasteiger partial charge is 0.493 e. The fourth-order valence-corrected chi connectivity index (χ4v) is 6.35. The molecule has 0 spiro atoms. The van der Waals surface area contributed by atoms with Crippen LogP contribution in [-0.4, -0.2) is 52.5 Å². The van der Waals surface area contributed by atoms with Gasteiger partial charge in [0.05, 0.1) is 41.0 Å². The molecule has 0 aliphatic carbocycles. The summed E-state index contributed by atoms with van der Waals surface area (Å²) in [6.07, 6.45) is 0.514. The number of hydrogen-bond donors (Lipinski definition) is 1. The van der Waals surface area contributed by atoms with Gasteiger partial charge in [-0.1, -0.05) is 11.3 Å². The minimum atomic E-state index is -1.20. The second-order valence-corrected chi connectivity index (χ2v) is 11.7. The van der Waals surface area contributed by atoms with Crippen molar-refractivity contribution in [3.05, 3.63) is 47.2 Å². The molecule has 4 aromatic rings. The predicted molar refractivity (Wildman–Crippen MR) is 143 cm³/mol. The third-order valence-corrected chi connectivity index (χ3v) is 7.97. The molecule has 9 heteroatoms. The maximum atomic E-state index is 13.7. The maximum absolute atomic E-state index is 13.7. The van der Waals surface area contributed by atoms with Crippen LogP contribution in [0.25, 0.3) is 32.2 Å². The molecule has 2 aromatic heterocycles. The molecule has 2 aliphatic heterocycles. The molecule has 4 heterocycles. The minimum Gasteiger partial charge on any atom is -0.493 e. The van der Waals surface area contributed by atoms with Crippen LogP contribution in [0.15, 0.2) is 30.5 Å². The van der Waals surface area contributed by atoms with Gasteiger partial charge in [0.15, 0.2) is 11.2 Å². The van der Waals surface area contributed by atoms with Gasteiger partial charge in [0.2, 0.25) is 0 Å². The number of fused-ring (bicyclic) bond motifs is 1. The first-order valence-corrected chi connectivity index (χ1v) is 13.2. The van der Waals surface area contributed by atoms with Crippen molar-refractivity contribution in [2.24, 2.45) is 0 Å². The summed E-state index contributed by atoms with van der Waals surface area (Å²) < 4.78 is 26.6.